The van der Waals surface area contributed by atoms with Crippen LogP contribution in [-0.4, -0.2) is 37.7 Å². The Hall–Kier alpha value is -3.63. The van der Waals surface area contributed by atoms with Crippen molar-refractivity contribution in [1.82, 2.24) is 14.9 Å². The van der Waals surface area contributed by atoms with E-state index in [9.17, 15) is 24.6 Å². The van der Waals surface area contributed by atoms with Crippen molar-refractivity contribution in [3.8, 4) is 11.4 Å². The number of fused-ring (bicyclic) bond motifs is 5. The predicted molar refractivity (Wildman–Crippen MR) is 144 cm³/mol. The molecule has 3 aromatic rings. The molecule has 0 unspecified atom stereocenters. The normalized spacial score (nSPS) is 24.9. The van der Waals surface area contributed by atoms with Crippen LogP contribution in [0.25, 0.3) is 22.3 Å². The number of aryl methyl sites for hydroxylation is 1. The molecular formula is C31H30FN3O6. The summed E-state index contributed by atoms with van der Waals surface area (Å²) < 4.78 is 22.0. The molecule has 2 fully saturated rings. The number of nitrogens with zero attached hydrogens (tertiary/aromatic N) is 2. The minimum absolute atomic E-state index is 0.0288. The zero-order valence-corrected chi connectivity index (χ0v) is 22.6. The minimum atomic E-state index is -1.91. The van der Waals surface area contributed by atoms with Crippen molar-refractivity contribution in [2.24, 2.45) is 11.8 Å². The largest absolute Gasteiger partial charge is 0.458 e. The van der Waals surface area contributed by atoms with Gasteiger partial charge in [-0.1, -0.05) is 12.8 Å². The van der Waals surface area contributed by atoms with E-state index in [2.05, 4.69) is 5.32 Å². The van der Waals surface area contributed by atoms with Crippen molar-refractivity contribution in [2.75, 3.05) is 0 Å². The van der Waals surface area contributed by atoms with E-state index in [0.29, 0.717) is 35.3 Å². The van der Waals surface area contributed by atoms with Crippen LogP contribution in [0.15, 0.2) is 16.9 Å². The number of carbonyl (C=O) groups is 2. The summed E-state index contributed by atoms with van der Waals surface area (Å²) in [6.45, 7) is 1.70. The van der Waals surface area contributed by atoms with Crippen LogP contribution in [-0.2, 0) is 39.5 Å². The molecule has 8 rings (SSSR count). The zero-order valence-electron chi connectivity index (χ0n) is 22.6. The number of cyclic esters (lactones) is 1. The van der Waals surface area contributed by atoms with Crippen molar-refractivity contribution < 1.29 is 28.9 Å². The molecule has 0 radical (unpaired) electrons. The van der Waals surface area contributed by atoms with Crippen LogP contribution in [0.2, 0.25) is 0 Å². The minimum Gasteiger partial charge on any atom is -0.458 e. The average Bonchev–Trinajstić information content (AvgIpc) is 3.89. The maximum atomic E-state index is 15.1. The van der Waals surface area contributed by atoms with Crippen LogP contribution in [0.1, 0.15) is 77.9 Å². The lowest BCUT2D eigenvalue weighted by Gasteiger charge is -2.32. The molecule has 212 valence electrons. The molecule has 0 bridgehead atoms. The highest BCUT2D eigenvalue weighted by atomic mass is 19.1. The third kappa shape index (κ3) is 3.59. The first-order valence-corrected chi connectivity index (χ1v) is 14.5. The number of nitrogens with one attached hydrogen (secondary N) is 1. The number of benzene rings is 1. The molecule has 10 heteroatoms. The van der Waals surface area contributed by atoms with Gasteiger partial charge in [0.2, 0.25) is 5.91 Å². The summed E-state index contributed by atoms with van der Waals surface area (Å²) in [5, 5.41) is 25.9. The summed E-state index contributed by atoms with van der Waals surface area (Å²) >= 11 is 0. The maximum absolute atomic E-state index is 15.1. The second-order valence-electron chi connectivity index (χ2n) is 12.5. The molecule has 5 aliphatic rings. The van der Waals surface area contributed by atoms with Gasteiger partial charge in [0.1, 0.15) is 18.5 Å². The maximum Gasteiger partial charge on any atom is 0.343 e. The van der Waals surface area contributed by atoms with Crippen LogP contribution in [0, 0.1) is 24.6 Å². The van der Waals surface area contributed by atoms with E-state index >= 15 is 4.39 Å². The van der Waals surface area contributed by atoms with Gasteiger partial charge in [0.25, 0.3) is 5.56 Å². The molecule has 1 amide bonds. The van der Waals surface area contributed by atoms with Gasteiger partial charge in [0.05, 0.1) is 35.1 Å². The molecule has 4 heterocycles. The smallest absolute Gasteiger partial charge is 0.343 e. The Bertz CT molecular complexity index is 1770. The fraction of sp³-hybridized carbons (Fsp3) is 0.484. The molecule has 9 nitrogen and oxygen atoms in total. The fourth-order valence-electron chi connectivity index (χ4n) is 7.18. The number of ether oxygens (including phenoxy) is 1. The van der Waals surface area contributed by atoms with Gasteiger partial charge in [-0.3, -0.25) is 9.59 Å². The van der Waals surface area contributed by atoms with Gasteiger partial charge in [-0.15, -0.1) is 0 Å². The number of amides is 1. The van der Waals surface area contributed by atoms with Crippen LogP contribution >= 0.6 is 0 Å². The van der Waals surface area contributed by atoms with E-state index in [0.717, 1.165) is 47.8 Å². The molecule has 2 aliphatic heterocycles. The molecule has 2 saturated carbocycles. The number of esters is 1. The Morgan fingerprint density at radius 1 is 1.20 bits per heavy atom. The Morgan fingerprint density at radius 3 is 2.71 bits per heavy atom. The average molecular weight is 560 g/mol. The van der Waals surface area contributed by atoms with Crippen molar-refractivity contribution in [2.45, 2.75) is 82.8 Å². The lowest BCUT2D eigenvalue weighted by atomic mass is 9.81. The first-order chi connectivity index (χ1) is 19.7. The number of pyridine rings is 2. The Balaban J connectivity index is 1.33. The van der Waals surface area contributed by atoms with Gasteiger partial charge in [0.15, 0.2) is 5.60 Å². The fourth-order valence-corrected chi connectivity index (χ4v) is 7.18. The second-order valence-corrected chi connectivity index (χ2v) is 12.5. The predicted octanol–water partition coefficient (Wildman–Crippen LogP) is 2.79. The molecule has 3 aliphatic carbocycles. The number of aromatic nitrogens is 2. The van der Waals surface area contributed by atoms with Crippen molar-refractivity contribution in [3.05, 3.63) is 61.7 Å². The van der Waals surface area contributed by atoms with Crippen LogP contribution in [0.4, 0.5) is 4.39 Å². The van der Waals surface area contributed by atoms with E-state index in [1.54, 1.807) is 17.6 Å². The number of hydrogen-bond acceptors (Lipinski definition) is 7. The summed E-state index contributed by atoms with van der Waals surface area (Å²) in [7, 11) is 0. The molecule has 41 heavy (non-hydrogen) atoms. The standard InChI is InChI=1S/C31H30FN3O6/c1-13-16-6-7-21(34-28(37)27(36)15-4-5-15)25-17-11-35-23(26(17)33-22(24(16)25)9-20(13)32)8-19-18(29(35)38)12-41-30(39)31(19,40)10-14-2-3-14/h8-9,14-15,21,27,36,40H,2-7,10-12H2,1H3,(H,34,37)/t21-,27-,31-/m0/s1. The van der Waals surface area contributed by atoms with E-state index in [-0.39, 0.29) is 53.9 Å². The molecular weight excluding hydrogens is 529 g/mol. The van der Waals surface area contributed by atoms with Gasteiger partial charge in [-0.25, -0.2) is 14.2 Å². The summed E-state index contributed by atoms with van der Waals surface area (Å²) in [6, 6.07) is 2.61. The second kappa shape index (κ2) is 8.45. The number of carbonyl (C=O) groups excluding carboxylic acids is 2. The monoisotopic (exact) mass is 559 g/mol. The van der Waals surface area contributed by atoms with Crippen LogP contribution in [0.3, 0.4) is 0 Å². The molecule has 1 aromatic carbocycles. The van der Waals surface area contributed by atoms with E-state index in [4.69, 9.17) is 9.72 Å². The Morgan fingerprint density at radius 2 is 1.98 bits per heavy atom. The number of aliphatic hydroxyl groups excluding tert-OH is 1. The lowest BCUT2D eigenvalue weighted by Crippen LogP contribution is -2.45. The third-order valence-electron chi connectivity index (χ3n) is 9.80. The molecule has 3 atom stereocenters. The number of rotatable bonds is 5. The van der Waals surface area contributed by atoms with E-state index in [1.165, 1.54) is 6.07 Å². The van der Waals surface area contributed by atoms with Gasteiger partial charge in [-0.05, 0) is 73.6 Å². The SMILES string of the molecule is Cc1c(F)cc2nc3c(c4c2c1CC[C@@H]4NC(=O)[C@@H](O)C1CC1)Cn1c-3cc2c(c1=O)COC(=O)[C@]2(O)CC1CC1. The van der Waals surface area contributed by atoms with Crippen molar-refractivity contribution >= 4 is 22.8 Å². The molecule has 2 aromatic heterocycles. The summed E-state index contributed by atoms with van der Waals surface area (Å²) in [6.07, 6.45) is 3.61. The third-order valence-corrected chi connectivity index (χ3v) is 9.80. The number of halogens is 1. The van der Waals surface area contributed by atoms with Gasteiger partial charge < -0.3 is 24.8 Å². The lowest BCUT2D eigenvalue weighted by molar-refractivity contribution is -0.173. The van der Waals surface area contributed by atoms with Gasteiger partial charge in [0, 0.05) is 22.6 Å². The quantitative estimate of drug-likeness (QED) is 0.321. The molecule has 3 N–H and O–H groups in total. The van der Waals surface area contributed by atoms with E-state index in [1.807, 2.05) is 0 Å². The summed E-state index contributed by atoms with van der Waals surface area (Å²) in [5.74, 6) is -1.39. The first kappa shape index (κ1) is 25.1. The highest BCUT2D eigenvalue weighted by Gasteiger charge is 2.50. The Labute approximate surface area is 234 Å². The first-order valence-electron chi connectivity index (χ1n) is 14.5. The molecule has 0 spiro atoms. The van der Waals surface area contributed by atoms with Crippen LogP contribution < -0.4 is 10.9 Å². The number of hydrogen-bond donors (Lipinski definition) is 3. The van der Waals surface area contributed by atoms with Crippen molar-refractivity contribution in [1.29, 1.82) is 0 Å². The topological polar surface area (TPSA) is 131 Å². The van der Waals surface area contributed by atoms with Gasteiger partial charge >= 0.3 is 5.97 Å². The highest BCUT2D eigenvalue weighted by molar-refractivity contribution is 5.94. The zero-order chi connectivity index (χ0) is 28.4. The Kier molecular flexibility index (Phi) is 5.18. The molecule has 0 saturated heterocycles. The van der Waals surface area contributed by atoms with Gasteiger partial charge in [-0.2, -0.15) is 0 Å². The highest BCUT2D eigenvalue weighted by Crippen LogP contribution is 2.48. The van der Waals surface area contributed by atoms with Crippen LogP contribution in [0.5, 0.6) is 0 Å². The summed E-state index contributed by atoms with van der Waals surface area (Å²) in [5.41, 5.74) is 2.47. The number of aliphatic hydroxyl groups is 2. The van der Waals surface area contributed by atoms with Crippen molar-refractivity contribution in [3.63, 3.8) is 0 Å². The summed E-state index contributed by atoms with van der Waals surface area (Å²) in [4.78, 5) is 44.6. The van der Waals surface area contributed by atoms with E-state index < -0.39 is 29.6 Å².